The van der Waals surface area contributed by atoms with Gasteiger partial charge in [-0.05, 0) is 37.8 Å². The lowest BCUT2D eigenvalue weighted by molar-refractivity contribution is 0.0865. The number of carbonyl (C=O) groups is 1. The van der Waals surface area contributed by atoms with E-state index in [-0.39, 0.29) is 24.2 Å². The number of nitrogens with zero attached hydrogens (tertiary/aromatic N) is 4. The minimum absolute atomic E-state index is 0.0339. The standard InChI is InChI=1S/C22H25N5O6S/c1-27-19(24-22(29)33-27)18(14-7-6-10-17(11-14)30-2)26-31-12-15-13-34-20(23-15)25-21(28)32-16-8-4-3-5-9-16/h6-7,10-11,13,16H,3-5,8-9,12H2,1-2H3,(H,23,25,28)/b26-18-. The van der Waals surface area contributed by atoms with E-state index in [4.69, 9.17) is 18.8 Å². The molecule has 12 heteroatoms. The topological polar surface area (TPSA) is 130 Å². The molecular weight excluding hydrogens is 462 g/mol. The van der Waals surface area contributed by atoms with Crippen molar-refractivity contribution >= 4 is 28.3 Å². The summed E-state index contributed by atoms with van der Waals surface area (Å²) in [6.07, 6.45) is 4.61. The number of nitrogens with one attached hydrogen (secondary N) is 1. The second-order valence-corrected chi connectivity index (χ2v) is 8.53. The van der Waals surface area contributed by atoms with Crippen LogP contribution < -0.4 is 15.8 Å². The molecule has 2 heterocycles. The normalized spacial score (nSPS) is 14.6. The monoisotopic (exact) mass is 487 g/mol. The van der Waals surface area contributed by atoms with Crippen LogP contribution in [0.15, 0.2) is 44.1 Å². The molecule has 1 N–H and O–H groups in total. The van der Waals surface area contributed by atoms with Crippen molar-refractivity contribution in [1.82, 2.24) is 14.7 Å². The molecule has 1 amide bonds. The third-order valence-electron chi connectivity index (χ3n) is 5.22. The van der Waals surface area contributed by atoms with Gasteiger partial charge in [0.05, 0.1) is 12.8 Å². The molecule has 4 rings (SSSR count). The van der Waals surface area contributed by atoms with Gasteiger partial charge >= 0.3 is 11.8 Å². The van der Waals surface area contributed by atoms with E-state index in [1.165, 1.54) is 22.5 Å². The van der Waals surface area contributed by atoms with Crippen molar-refractivity contribution < 1.29 is 23.6 Å². The highest BCUT2D eigenvalue weighted by Crippen LogP contribution is 2.22. The maximum Gasteiger partial charge on any atom is 0.460 e. The zero-order valence-electron chi connectivity index (χ0n) is 18.9. The summed E-state index contributed by atoms with van der Waals surface area (Å²) in [5.74, 6) is 0.0572. The van der Waals surface area contributed by atoms with Crippen LogP contribution in [-0.4, -0.2) is 39.7 Å². The highest BCUT2D eigenvalue weighted by atomic mass is 32.1. The lowest BCUT2D eigenvalue weighted by atomic mass is 9.98. The van der Waals surface area contributed by atoms with Gasteiger partial charge in [0.2, 0.25) is 0 Å². The summed E-state index contributed by atoms with van der Waals surface area (Å²) in [4.78, 5) is 37.5. The first-order chi connectivity index (χ1) is 16.5. The van der Waals surface area contributed by atoms with Crippen LogP contribution in [0.1, 0.15) is 49.2 Å². The van der Waals surface area contributed by atoms with Crippen LogP contribution in [-0.2, 0) is 23.2 Å². The van der Waals surface area contributed by atoms with E-state index in [0.29, 0.717) is 22.1 Å². The van der Waals surface area contributed by atoms with Gasteiger partial charge in [0.15, 0.2) is 23.3 Å². The molecular formula is C22H25N5O6S. The summed E-state index contributed by atoms with van der Waals surface area (Å²) in [6, 6.07) is 7.09. The van der Waals surface area contributed by atoms with Crippen LogP contribution in [0.3, 0.4) is 0 Å². The van der Waals surface area contributed by atoms with Crippen LogP contribution in [0.5, 0.6) is 5.75 Å². The molecule has 1 fully saturated rings. The van der Waals surface area contributed by atoms with Crippen LogP contribution in [0.2, 0.25) is 0 Å². The molecule has 1 aliphatic rings. The Hall–Kier alpha value is -3.67. The molecule has 1 aliphatic carbocycles. The molecule has 1 saturated carbocycles. The largest absolute Gasteiger partial charge is 0.497 e. The predicted molar refractivity (Wildman–Crippen MR) is 124 cm³/mol. The second-order valence-electron chi connectivity index (χ2n) is 7.67. The van der Waals surface area contributed by atoms with Crippen molar-refractivity contribution in [2.75, 3.05) is 12.4 Å². The third kappa shape index (κ3) is 6.01. The smallest absolute Gasteiger partial charge is 0.460 e. The van der Waals surface area contributed by atoms with Crippen molar-refractivity contribution in [3.8, 4) is 5.75 Å². The Morgan fingerprint density at radius 2 is 2.12 bits per heavy atom. The van der Waals surface area contributed by atoms with Crippen LogP contribution in [0, 0.1) is 0 Å². The number of benzene rings is 1. The molecule has 0 aliphatic heterocycles. The Labute approximate surface area is 199 Å². The maximum atomic E-state index is 12.1. The van der Waals surface area contributed by atoms with E-state index >= 15 is 0 Å². The first-order valence-electron chi connectivity index (χ1n) is 10.8. The quantitative estimate of drug-likeness (QED) is 0.376. The van der Waals surface area contributed by atoms with Gasteiger partial charge in [0.1, 0.15) is 11.9 Å². The van der Waals surface area contributed by atoms with E-state index in [1.54, 1.807) is 43.8 Å². The maximum absolute atomic E-state index is 12.1. The molecule has 0 saturated heterocycles. The summed E-state index contributed by atoms with van der Waals surface area (Å²) < 4.78 is 16.9. The van der Waals surface area contributed by atoms with Gasteiger partial charge in [-0.3, -0.25) is 5.32 Å². The number of hydrogen-bond donors (Lipinski definition) is 1. The van der Waals surface area contributed by atoms with Crippen molar-refractivity contribution in [1.29, 1.82) is 0 Å². The molecule has 0 spiro atoms. The van der Waals surface area contributed by atoms with E-state index in [0.717, 1.165) is 25.7 Å². The number of oxime groups is 1. The number of amides is 1. The van der Waals surface area contributed by atoms with E-state index in [9.17, 15) is 9.59 Å². The summed E-state index contributed by atoms with van der Waals surface area (Å²) in [7, 11) is 3.10. The second kappa shape index (κ2) is 11.0. The predicted octanol–water partition coefficient (Wildman–Crippen LogP) is 3.69. The number of aromatic nitrogens is 3. The number of hydrogen-bond acceptors (Lipinski definition) is 10. The molecule has 0 bridgehead atoms. The number of thiazole rings is 1. The fraction of sp³-hybridized carbons (Fsp3) is 0.409. The van der Waals surface area contributed by atoms with Gasteiger partial charge in [-0.2, -0.15) is 9.72 Å². The van der Waals surface area contributed by atoms with Crippen molar-refractivity contribution in [3.05, 3.63) is 57.3 Å². The zero-order chi connectivity index (χ0) is 23.9. The van der Waals surface area contributed by atoms with Crippen LogP contribution >= 0.6 is 11.3 Å². The Bertz CT molecular complexity index is 1210. The van der Waals surface area contributed by atoms with Crippen LogP contribution in [0.25, 0.3) is 0 Å². The third-order valence-corrected chi connectivity index (χ3v) is 6.03. The number of carbonyl (C=O) groups excluding carboxylic acids is 1. The summed E-state index contributed by atoms with van der Waals surface area (Å²) in [5.41, 5.74) is 1.48. The molecule has 0 atom stereocenters. The van der Waals surface area contributed by atoms with Gasteiger partial charge in [0.25, 0.3) is 0 Å². The first kappa shape index (κ1) is 23.5. The van der Waals surface area contributed by atoms with Gasteiger partial charge < -0.3 is 18.8 Å². The molecule has 34 heavy (non-hydrogen) atoms. The first-order valence-corrected chi connectivity index (χ1v) is 11.7. The molecule has 180 valence electrons. The number of methoxy groups -OCH3 is 1. The molecule has 1 aromatic carbocycles. The zero-order valence-corrected chi connectivity index (χ0v) is 19.7. The van der Waals surface area contributed by atoms with Gasteiger partial charge in [-0.15, -0.1) is 11.3 Å². The van der Waals surface area contributed by atoms with Crippen LogP contribution in [0.4, 0.5) is 9.93 Å². The number of anilines is 1. The molecule has 3 aromatic rings. The lowest BCUT2D eigenvalue weighted by Gasteiger charge is -2.21. The number of rotatable bonds is 8. The Kier molecular flexibility index (Phi) is 7.58. The SMILES string of the molecule is COc1cccc(/C(=N/OCc2csc(NC(=O)OC3CCCCC3)n2)c2nc(=O)on2C)c1. The highest BCUT2D eigenvalue weighted by Gasteiger charge is 2.19. The average Bonchev–Trinajstić information content (AvgIpc) is 3.42. The molecule has 0 radical (unpaired) electrons. The van der Waals surface area contributed by atoms with E-state index in [1.807, 2.05) is 0 Å². The van der Waals surface area contributed by atoms with E-state index < -0.39 is 11.8 Å². The fourth-order valence-electron chi connectivity index (χ4n) is 3.58. The molecule has 0 unspecified atom stereocenters. The minimum atomic E-state index is -0.747. The molecule has 11 nitrogen and oxygen atoms in total. The fourth-order valence-corrected chi connectivity index (χ4v) is 4.26. The van der Waals surface area contributed by atoms with Gasteiger partial charge in [0, 0.05) is 18.0 Å². The molecule has 2 aromatic heterocycles. The Balaban J connectivity index is 1.42. The van der Waals surface area contributed by atoms with Crippen molar-refractivity contribution in [2.24, 2.45) is 12.2 Å². The highest BCUT2D eigenvalue weighted by molar-refractivity contribution is 7.13. The summed E-state index contributed by atoms with van der Waals surface area (Å²) in [5, 5.41) is 9.02. The van der Waals surface area contributed by atoms with Gasteiger partial charge in [-0.25, -0.2) is 14.6 Å². The van der Waals surface area contributed by atoms with E-state index in [2.05, 4.69) is 20.4 Å². The van der Waals surface area contributed by atoms with Crippen molar-refractivity contribution in [3.63, 3.8) is 0 Å². The summed E-state index contributed by atoms with van der Waals surface area (Å²) in [6.45, 7) is 0.0368. The Morgan fingerprint density at radius 3 is 2.85 bits per heavy atom. The number of ether oxygens (including phenoxy) is 2. The van der Waals surface area contributed by atoms with Crippen molar-refractivity contribution in [2.45, 2.75) is 44.8 Å². The summed E-state index contributed by atoms with van der Waals surface area (Å²) >= 11 is 1.26. The van der Waals surface area contributed by atoms with Gasteiger partial charge in [-0.1, -0.05) is 23.7 Å². The Morgan fingerprint density at radius 1 is 1.29 bits per heavy atom. The average molecular weight is 488 g/mol. The minimum Gasteiger partial charge on any atom is -0.497 e. The number of aryl methyl sites for hydroxylation is 1. The lowest BCUT2D eigenvalue weighted by Crippen LogP contribution is -2.24.